The van der Waals surface area contributed by atoms with E-state index in [0.29, 0.717) is 6.04 Å². The highest BCUT2D eigenvalue weighted by Crippen LogP contribution is 2.08. The van der Waals surface area contributed by atoms with Gasteiger partial charge in [0.1, 0.15) is 0 Å². The highest BCUT2D eigenvalue weighted by molar-refractivity contribution is 5.15. The summed E-state index contributed by atoms with van der Waals surface area (Å²) in [5, 5.41) is 3.64. The molecule has 0 amide bonds. The Kier molecular flexibility index (Phi) is 8.53. The maximum absolute atomic E-state index is 5.41. The molecule has 0 aliphatic rings. The highest BCUT2D eigenvalue weighted by atomic mass is 16.5. The Morgan fingerprint density at radius 2 is 1.94 bits per heavy atom. The van der Waals surface area contributed by atoms with E-state index in [9.17, 15) is 0 Å². The molecule has 0 aromatic heterocycles. The summed E-state index contributed by atoms with van der Waals surface area (Å²) in [5.74, 6) is 0. The molecule has 1 atom stereocenters. The molecule has 102 valence electrons. The molecule has 0 heterocycles. The van der Waals surface area contributed by atoms with Gasteiger partial charge in [-0.25, -0.2) is 0 Å². The van der Waals surface area contributed by atoms with Crippen molar-refractivity contribution in [3.05, 3.63) is 35.9 Å². The van der Waals surface area contributed by atoms with Gasteiger partial charge in [-0.15, -0.1) is 0 Å². The lowest BCUT2D eigenvalue weighted by Gasteiger charge is -2.18. The SMILES string of the molecule is CCCNC(CCCOCC)Cc1ccccc1. The van der Waals surface area contributed by atoms with Gasteiger partial charge in [-0.3, -0.25) is 0 Å². The second kappa shape index (κ2) is 10.1. The first kappa shape index (κ1) is 15.2. The van der Waals surface area contributed by atoms with Gasteiger partial charge in [-0.05, 0) is 44.7 Å². The van der Waals surface area contributed by atoms with Crippen molar-refractivity contribution in [3.8, 4) is 0 Å². The topological polar surface area (TPSA) is 21.3 Å². The van der Waals surface area contributed by atoms with Crippen molar-refractivity contribution >= 4 is 0 Å². The Bertz CT molecular complexity index is 286. The van der Waals surface area contributed by atoms with Gasteiger partial charge < -0.3 is 10.1 Å². The van der Waals surface area contributed by atoms with Crippen LogP contribution in [-0.4, -0.2) is 25.8 Å². The van der Waals surface area contributed by atoms with Gasteiger partial charge in [0.2, 0.25) is 0 Å². The smallest absolute Gasteiger partial charge is 0.0466 e. The van der Waals surface area contributed by atoms with Crippen LogP contribution >= 0.6 is 0 Å². The zero-order chi connectivity index (χ0) is 13.1. The van der Waals surface area contributed by atoms with Crippen LogP contribution in [0.15, 0.2) is 30.3 Å². The molecule has 1 aromatic carbocycles. The predicted octanol–water partition coefficient (Wildman–Crippen LogP) is 3.41. The zero-order valence-corrected chi connectivity index (χ0v) is 11.8. The molecule has 2 nitrogen and oxygen atoms in total. The number of benzene rings is 1. The number of hydrogen-bond donors (Lipinski definition) is 1. The van der Waals surface area contributed by atoms with E-state index in [1.54, 1.807) is 0 Å². The van der Waals surface area contributed by atoms with Crippen LogP contribution in [0, 0.1) is 0 Å². The fourth-order valence-corrected chi connectivity index (χ4v) is 2.10. The molecule has 0 saturated carbocycles. The lowest BCUT2D eigenvalue weighted by molar-refractivity contribution is 0.140. The molecule has 2 heteroatoms. The van der Waals surface area contributed by atoms with Gasteiger partial charge in [-0.1, -0.05) is 37.3 Å². The van der Waals surface area contributed by atoms with Crippen LogP contribution in [-0.2, 0) is 11.2 Å². The van der Waals surface area contributed by atoms with E-state index >= 15 is 0 Å². The third kappa shape index (κ3) is 6.77. The van der Waals surface area contributed by atoms with Crippen LogP contribution < -0.4 is 5.32 Å². The summed E-state index contributed by atoms with van der Waals surface area (Å²) in [7, 11) is 0. The van der Waals surface area contributed by atoms with E-state index < -0.39 is 0 Å². The van der Waals surface area contributed by atoms with Gasteiger partial charge in [0.15, 0.2) is 0 Å². The van der Waals surface area contributed by atoms with Crippen LogP contribution in [0.3, 0.4) is 0 Å². The zero-order valence-electron chi connectivity index (χ0n) is 11.8. The lowest BCUT2D eigenvalue weighted by atomic mass is 10.0. The third-order valence-corrected chi connectivity index (χ3v) is 3.05. The molecular weight excluding hydrogens is 222 g/mol. The van der Waals surface area contributed by atoms with Crippen molar-refractivity contribution in [2.24, 2.45) is 0 Å². The minimum Gasteiger partial charge on any atom is -0.382 e. The second-order valence-corrected chi connectivity index (χ2v) is 4.68. The second-order valence-electron chi connectivity index (χ2n) is 4.68. The van der Waals surface area contributed by atoms with Crippen molar-refractivity contribution in [1.82, 2.24) is 5.32 Å². The highest BCUT2D eigenvalue weighted by Gasteiger charge is 2.08. The van der Waals surface area contributed by atoms with Crippen molar-refractivity contribution < 1.29 is 4.74 Å². The first-order valence-electron chi connectivity index (χ1n) is 7.21. The van der Waals surface area contributed by atoms with Crippen molar-refractivity contribution in [2.75, 3.05) is 19.8 Å². The Hall–Kier alpha value is -0.860. The fraction of sp³-hybridized carbons (Fsp3) is 0.625. The number of ether oxygens (including phenoxy) is 1. The first-order chi connectivity index (χ1) is 8.86. The molecule has 0 spiro atoms. The Morgan fingerprint density at radius 3 is 2.61 bits per heavy atom. The van der Waals surface area contributed by atoms with Crippen LogP contribution in [0.25, 0.3) is 0 Å². The van der Waals surface area contributed by atoms with Crippen molar-refractivity contribution in [3.63, 3.8) is 0 Å². The molecule has 0 fully saturated rings. The lowest BCUT2D eigenvalue weighted by Crippen LogP contribution is -2.32. The van der Waals surface area contributed by atoms with Crippen LogP contribution in [0.5, 0.6) is 0 Å². The summed E-state index contributed by atoms with van der Waals surface area (Å²) in [6, 6.07) is 11.3. The van der Waals surface area contributed by atoms with E-state index in [1.165, 1.54) is 18.4 Å². The monoisotopic (exact) mass is 249 g/mol. The van der Waals surface area contributed by atoms with Gasteiger partial charge >= 0.3 is 0 Å². The standard InChI is InChI=1S/C16H27NO/c1-3-12-17-16(11-8-13-18-4-2)14-15-9-6-5-7-10-15/h5-7,9-10,16-17H,3-4,8,11-14H2,1-2H3. The van der Waals surface area contributed by atoms with Gasteiger partial charge in [0.25, 0.3) is 0 Å². The normalized spacial score (nSPS) is 12.6. The number of hydrogen-bond acceptors (Lipinski definition) is 2. The third-order valence-electron chi connectivity index (χ3n) is 3.05. The van der Waals surface area contributed by atoms with Crippen LogP contribution in [0.4, 0.5) is 0 Å². The maximum Gasteiger partial charge on any atom is 0.0466 e. The minimum atomic E-state index is 0.577. The molecule has 1 rings (SSSR count). The molecular formula is C16H27NO. The van der Waals surface area contributed by atoms with Gasteiger partial charge in [0.05, 0.1) is 0 Å². The van der Waals surface area contributed by atoms with Crippen molar-refractivity contribution in [1.29, 1.82) is 0 Å². The summed E-state index contributed by atoms with van der Waals surface area (Å²) in [6.45, 7) is 7.08. The van der Waals surface area contributed by atoms with E-state index in [0.717, 1.165) is 32.6 Å². The van der Waals surface area contributed by atoms with E-state index in [4.69, 9.17) is 4.74 Å². The van der Waals surface area contributed by atoms with E-state index in [2.05, 4.69) is 49.5 Å². The quantitative estimate of drug-likeness (QED) is 0.642. The van der Waals surface area contributed by atoms with Gasteiger partial charge in [0, 0.05) is 19.3 Å². The fourth-order valence-electron chi connectivity index (χ4n) is 2.10. The maximum atomic E-state index is 5.41. The summed E-state index contributed by atoms with van der Waals surface area (Å²) in [4.78, 5) is 0. The molecule has 1 aromatic rings. The van der Waals surface area contributed by atoms with Crippen LogP contribution in [0.2, 0.25) is 0 Å². The predicted molar refractivity (Wildman–Crippen MR) is 78.0 cm³/mol. The summed E-state index contributed by atoms with van der Waals surface area (Å²) < 4.78 is 5.41. The van der Waals surface area contributed by atoms with Gasteiger partial charge in [-0.2, -0.15) is 0 Å². The molecule has 1 unspecified atom stereocenters. The van der Waals surface area contributed by atoms with Crippen LogP contribution in [0.1, 0.15) is 38.7 Å². The summed E-state index contributed by atoms with van der Waals surface area (Å²) in [5.41, 5.74) is 1.42. The largest absolute Gasteiger partial charge is 0.382 e. The Morgan fingerprint density at radius 1 is 1.17 bits per heavy atom. The molecule has 18 heavy (non-hydrogen) atoms. The summed E-state index contributed by atoms with van der Waals surface area (Å²) in [6.07, 6.45) is 4.64. The average Bonchev–Trinajstić information content (AvgIpc) is 2.41. The molecule has 0 saturated heterocycles. The van der Waals surface area contributed by atoms with E-state index in [-0.39, 0.29) is 0 Å². The molecule has 0 radical (unpaired) electrons. The Balaban J connectivity index is 2.35. The average molecular weight is 249 g/mol. The molecule has 0 aliphatic carbocycles. The first-order valence-corrected chi connectivity index (χ1v) is 7.21. The molecule has 1 N–H and O–H groups in total. The Labute approximate surface area is 112 Å². The summed E-state index contributed by atoms with van der Waals surface area (Å²) >= 11 is 0. The molecule has 0 aliphatic heterocycles. The van der Waals surface area contributed by atoms with Crippen molar-refractivity contribution in [2.45, 2.75) is 45.6 Å². The molecule has 0 bridgehead atoms. The number of nitrogens with one attached hydrogen (secondary N) is 1. The minimum absolute atomic E-state index is 0.577. The van der Waals surface area contributed by atoms with E-state index in [1.807, 2.05) is 0 Å². The number of rotatable bonds is 10.